The summed E-state index contributed by atoms with van der Waals surface area (Å²) in [5.41, 5.74) is -2.35. The lowest BCUT2D eigenvalue weighted by atomic mass is 9.72. The van der Waals surface area contributed by atoms with Gasteiger partial charge >= 0.3 is 12.1 Å². The molecule has 0 amide bonds. The number of esters is 1. The molecule has 0 radical (unpaired) electrons. The number of cyclic esters (lactones) is 1. The highest BCUT2D eigenvalue weighted by Crippen LogP contribution is 2.62. The number of allylic oxidation sites excluding steroid dienone is 2. The molecule has 1 saturated heterocycles. The quantitative estimate of drug-likeness (QED) is 0.443. The van der Waals surface area contributed by atoms with Gasteiger partial charge in [0.05, 0.1) is 5.92 Å². The monoisotopic (exact) mass is 298 g/mol. The number of ether oxygens (including phenoxy) is 1. The third-order valence-corrected chi connectivity index (χ3v) is 4.96. The van der Waals surface area contributed by atoms with Gasteiger partial charge in [-0.25, -0.2) is 0 Å². The maximum absolute atomic E-state index is 13.7. The smallest absolute Gasteiger partial charge is 0.428 e. The fourth-order valence-electron chi connectivity index (χ4n) is 4.16. The molecule has 2 nitrogen and oxygen atoms in total. The van der Waals surface area contributed by atoms with Crippen LogP contribution in [0, 0.1) is 35.5 Å². The van der Waals surface area contributed by atoms with Gasteiger partial charge in [0.2, 0.25) is 5.60 Å². The van der Waals surface area contributed by atoms with Gasteiger partial charge in [-0.15, -0.1) is 11.8 Å². The first kappa shape index (κ1) is 14.5. The van der Waals surface area contributed by atoms with Crippen molar-refractivity contribution in [3.05, 3.63) is 12.2 Å². The van der Waals surface area contributed by atoms with Crippen molar-refractivity contribution in [3.63, 3.8) is 0 Å². The Labute approximate surface area is 121 Å². The summed E-state index contributed by atoms with van der Waals surface area (Å²) in [5.74, 6) is 3.14. The maximum Gasteiger partial charge on any atom is 0.428 e. The molecule has 5 atom stereocenters. The van der Waals surface area contributed by atoms with E-state index in [0.717, 1.165) is 0 Å². The van der Waals surface area contributed by atoms with Crippen LogP contribution in [0.2, 0.25) is 0 Å². The second-order valence-corrected chi connectivity index (χ2v) is 6.02. The molecule has 3 rings (SSSR count). The molecule has 0 N–H and O–H groups in total. The molecular weight excluding hydrogens is 281 g/mol. The minimum absolute atomic E-state index is 0.0848. The van der Waals surface area contributed by atoms with Gasteiger partial charge in [0.25, 0.3) is 0 Å². The molecule has 2 aliphatic carbocycles. The highest BCUT2D eigenvalue weighted by Gasteiger charge is 2.73. The van der Waals surface area contributed by atoms with Crippen molar-refractivity contribution in [2.45, 2.75) is 44.4 Å². The van der Waals surface area contributed by atoms with Crippen molar-refractivity contribution in [1.29, 1.82) is 0 Å². The van der Waals surface area contributed by atoms with Crippen LogP contribution in [0.25, 0.3) is 0 Å². The summed E-state index contributed by atoms with van der Waals surface area (Å²) in [6.45, 7) is 1.85. The van der Waals surface area contributed by atoms with Gasteiger partial charge in [-0.05, 0) is 18.3 Å². The summed E-state index contributed by atoms with van der Waals surface area (Å²) in [6, 6.07) is 0. The summed E-state index contributed by atoms with van der Waals surface area (Å²) in [5, 5.41) is 0. The Morgan fingerprint density at radius 2 is 2.05 bits per heavy atom. The Kier molecular flexibility index (Phi) is 3.31. The zero-order chi connectivity index (χ0) is 15.3. The fourth-order valence-corrected chi connectivity index (χ4v) is 4.16. The topological polar surface area (TPSA) is 26.3 Å². The van der Waals surface area contributed by atoms with Gasteiger partial charge in [0, 0.05) is 25.2 Å². The zero-order valence-corrected chi connectivity index (χ0v) is 11.7. The molecule has 1 saturated carbocycles. The molecule has 3 aliphatic rings. The normalized spacial score (nSPS) is 39.9. The van der Waals surface area contributed by atoms with Crippen LogP contribution in [0.1, 0.15) is 32.6 Å². The number of carbonyl (C=O) groups excluding carboxylic acids is 1. The third-order valence-electron chi connectivity index (χ3n) is 4.96. The Balaban J connectivity index is 1.93. The number of hydrogen-bond acceptors (Lipinski definition) is 2. The Bertz CT molecular complexity index is 540. The van der Waals surface area contributed by atoms with Crippen molar-refractivity contribution in [1.82, 2.24) is 0 Å². The highest BCUT2D eigenvalue weighted by atomic mass is 19.4. The van der Waals surface area contributed by atoms with Crippen LogP contribution in [-0.4, -0.2) is 17.7 Å². The van der Waals surface area contributed by atoms with Crippen molar-refractivity contribution in [2.75, 3.05) is 0 Å². The molecule has 1 aliphatic heterocycles. The van der Waals surface area contributed by atoms with E-state index >= 15 is 0 Å². The molecule has 114 valence electrons. The highest BCUT2D eigenvalue weighted by molar-refractivity contribution is 5.78. The minimum atomic E-state index is -4.55. The van der Waals surface area contributed by atoms with E-state index in [0.29, 0.717) is 12.8 Å². The lowest BCUT2D eigenvalue weighted by Crippen LogP contribution is -2.52. The van der Waals surface area contributed by atoms with E-state index in [-0.39, 0.29) is 24.7 Å². The molecule has 0 spiro atoms. The van der Waals surface area contributed by atoms with Crippen LogP contribution in [0.3, 0.4) is 0 Å². The SMILES string of the molecule is CCC#CCC[C@@]1(C(F)(F)F)OC(=O)C2C3C=CC(C3)C21. The van der Waals surface area contributed by atoms with Gasteiger partial charge < -0.3 is 4.74 Å². The Hall–Kier alpha value is -1.44. The average molecular weight is 298 g/mol. The molecule has 2 fully saturated rings. The maximum atomic E-state index is 13.7. The fraction of sp³-hybridized carbons (Fsp3) is 0.688. The van der Waals surface area contributed by atoms with Crippen molar-refractivity contribution >= 4 is 5.97 Å². The lowest BCUT2D eigenvalue weighted by molar-refractivity contribution is -0.275. The molecule has 4 unspecified atom stereocenters. The summed E-state index contributed by atoms with van der Waals surface area (Å²) in [7, 11) is 0. The summed E-state index contributed by atoms with van der Waals surface area (Å²) in [4.78, 5) is 12.0. The first-order chi connectivity index (χ1) is 9.90. The van der Waals surface area contributed by atoms with E-state index in [4.69, 9.17) is 4.74 Å². The Morgan fingerprint density at radius 1 is 1.33 bits per heavy atom. The number of rotatable bonds is 2. The van der Waals surface area contributed by atoms with Gasteiger partial charge in [0.1, 0.15) is 0 Å². The van der Waals surface area contributed by atoms with Crippen LogP contribution >= 0.6 is 0 Å². The van der Waals surface area contributed by atoms with Gasteiger partial charge in [0.15, 0.2) is 0 Å². The first-order valence-corrected chi connectivity index (χ1v) is 7.34. The second-order valence-electron chi connectivity index (χ2n) is 6.02. The first-order valence-electron chi connectivity index (χ1n) is 7.34. The lowest BCUT2D eigenvalue weighted by Gasteiger charge is -2.37. The predicted octanol–water partition coefficient (Wildman–Crippen LogP) is 3.48. The van der Waals surface area contributed by atoms with E-state index in [2.05, 4.69) is 11.8 Å². The molecule has 0 aromatic carbocycles. The van der Waals surface area contributed by atoms with Gasteiger partial charge in [-0.2, -0.15) is 13.2 Å². The van der Waals surface area contributed by atoms with Crippen molar-refractivity contribution in [2.24, 2.45) is 23.7 Å². The van der Waals surface area contributed by atoms with Crippen LogP contribution in [0.4, 0.5) is 13.2 Å². The number of carbonyl (C=O) groups is 1. The van der Waals surface area contributed by atoms with E-state index in [9.17, 15) is 18.0 Å². The summed E-state index contributed by atoms with van der Waals surface area (Å²) < 4.78 is 46.1. The van der Waals surface area contributed by atoms with Crippen LogP contribution in [0.15, 0.2) is 12.2 Å². The molecule has 0 aromatic rings. The summed E-state index contributed by atoms with van der Waals surface area (Å²) in [6.07, 6.45) is 0.246. The van der Waals surface area contributed by atoms with E-state index in [1.54, 1.807) is 0 Å². The van der Waals surface area contributed by atoms with Crippen molar-refractivity contribution < 1.29 is 22.7 Å². The molecular formula is C16H17F3O2. The molecule has 5 heteroatoms. The summed E-state index contributed by atoms with van der Waals surface area (Å²) >= 11 is 0. The predicted molar refractivity (Wildman–Crippen MR) is 69.9 cm³/mol. The van der Waals surface area contributed by atoms with Gasteiger partial charge in [-0.3, -0.25) is 4.79 Å². The largest absolute Gasteiger partial charge is 0.449 e. The van der Waals surface area contributed by atoms with Crippen molar-refractivity contribution in [3.8, 4) is 11.8 Å². The number of halogens is 3. The van der Waals surface area contributed by atoms with E-state index in [1.807, 2.05) is 19.1 Å². The van der Waals surface area contributed by atoms with Crippen LogP contribution in [0.5, 0.6) is 0 Å². The second kappa shape index (κ2) is 4.79. The minimum Gasteiger partial charge on any atom is -0.449 e. The number of fused-ring (bicyclic) bond motifs is 5. The number of alkyl halides is 3. The van der Waals surface area contributed by atoms with Crippen LogP contribution < -0.4 is 0 Å². The Morgan fingerprint density at radius 3 is 2.71 bits per heavy atom. The number of hydrogen-bond donors (Lipinski definition) is 0. The molecule has 0 aromatic heterocycles. The zero-order valence-electron chi connectivity index (χ0n) is 11.7. The molecule has 1 heterocycles. The average Bonchev–Trinajstić information content (AvgIpc) is 3.07. The molecule has 2 bridgehead atoms. The molecule has 21 heavy (non-hydrogen) atoms. The third kappa shape index (κ3) is 1.99. The standard InChI is InChI=1S/C16H17F3O2/c1-2-3-4-5-8-15(16(17,18)19)13-11-7-6-10(9-11)12(13)14(20)21-15/h6-7,10-13H,2,5,8-9H2,1H3/t10?,11?,12?,13?,15-/m1/s1. The van der Waals surface area contributed by atoms with E-state index in [1.165, 1.54) is 0 Å². The van der Waals surface area contributed by atoms with Crippen LogP contribution in [-0.2, 0) is 9.53 Å². The van der Waals surface area contributed by atoms with E-state index < -0.39 is 29.6 Å². The van der Waals surface area contributed by atoms with Gasteiger partial charge in [-0.1, -0.05) is 19.1 Å².